The monoisotopic (exact) mass is 490 g/mol. The van der Waals surface area contributed by atoms with Crippen LogP contribution in [0.5, 0.6) is 5.75 Å². The number of benzene rings is 3. The third-order valence-electron chi connectivity index (χ3n) is 5.75. The molecule has 8 heteroatoms. The van der Waals surface area contributed by atoms with Crippen LogP contribution in [0.4, 0.5) is 5.69 Å². The maximum absolute atomic E-state index is 13.1. The van der Waals surface area contributed by atoms with Crippen molar-refractivity contribution in [1.29, 1.82) is 0 Å². The predicted octanol–water partition coefficient (Wildman–Crippen LogP) is 5.24. The van der Waals surface area contributed by atoms with Gasteiger partial charge in [-0.2, -0.15) is 0 Å². The van der Waals surface area contributed by atoms with E-state index in [0.29, 0.717) is 53.7 Å². The molecule has 2 amide bonds. The number of carbonyl (C=O) groups excluding carboxylic acids is 2. The minimum atomic E-state index is -0.434. The number of anilines is 1. The van der Waals surface area contributed by atoms with Crippen LogP contribution in [0.3, 0.4) is 0 Å². The minimum absolute atomic E-state index is 0.0895. The van der Waals surface area contributed by atoms with Gasteiger partial charge < -0.3 is 24.1 Å². The number of rotatable bonds is 6. The summed E-state index contributed by atoms with van der Waals surface area (Å²) < 4.78 is 16.9. The Morgan fingerprint density at radius 3 is 2.46 bits per heavy atom. The summed E-state index contributed by atoms with van der Waals surface area (Å²) >= 11 is 6.40. The number of hydrogen-bond donors (Lipinski definition) is 1. The number of halogens is 1. The van der Waals surface area contributed by atoms with E-state index in [1.807, 2.05) is 48.5 Å². The fourth-order valence-corrected chi connectivity index (χ4v) is 4.21. The summed E-state index contributed by atoms with van der Waals surface area (Å²) in [6.45, 7) is 1.57. The lowest BCUT2D eigenvalue weighted by Gasteiger charge is -2.26. The molecule has 35 heavy (non-hydrogen) atoms. The summed E-state index contributed by atoms with van der Waals surface area (Å²) in [4.78, 5) is 27.6. The highest BCUT2D eigenvalue weighted by Crippen LogP contribution is 2.33. The van der Waals surface area contributed by atoms with E-state index in [1.54, 1.807) is 29.2 Å². The zero-order chi connectivity index (χ0) is 24.2. The second-order valence-corrected chi connectivity index (χ2v) is 8.46. The second-order valence-electron chi connectivity index (χ2n) is 8.05. The summed E-state index contributed by atoms with van der Waals surface area (Å²) in [6, 6.07) is 22.4. The van der Waals surface area contributed by atoms with E-state index >= 15 is 0 Å². The van der Waals surface area contributed by atoms with Crippen LogP contribution in [0.2, 0.25) is 5.02 Å². The Balaban J connectivity index is 1.31. The lowest BCUT2D eigenvalue weighted by Crippen LogP contribution is -2.40. The van der Waals surface area contributed by atoms with Crippen molar-refractivity contribution in [2.24, 2.45) is 0 Å². The van der Waals surface area contributed by atoms with Gasteiger partial charge in [0.2, 0.25) is 5.76 Å². The Morgan fingerprint density at radius 2 is 1.69 bits per heavy atom. The summed E-state index contributed by atoms with van der Waals surface area (Å²) in [5.74, 6) is -0.245. The van der Waals surface area contributed by atoms with E-state index < -0.39 is 5.91 Å². The standard InChI is InChI=1S/C27H23ClN2O5/c28-21-16-19(18-6-2-1-3-7-18)10-11-23(21)34-17-24(31)29-25-20-8-4-5-9-22(20)35-26(25)27(32)30-12-14-33-15-13-30/h1-11,16H,12-15,17H2,(H,29,31). The highest BCUT2D eigenvalue weighted by molar-refractivity contribution is 6.32. The molecule has 178 valence electrons. The number of morpholine rings is 1. The third-order valence-corrected chi connectivity index (χ3v) is 6.05. The molecule has 1 aromatic heterocycles. The molecule has 0 unspecified atom stereocenters. The zero-order valence-corrected chi connectivity index (χ0v) is 19.6. The molecule has 0 atom stereocenters. The molecule has 4 aromatic rings. The number of furan rings is 1. The van der Waals surface area contributed by atoms with Crippen LogP contribution < -0.4 is 10.1 Å². The fraction of sp³-hybridized carbons (Fsp3) is 0.185. The smallest absolute Gasteiger partial charge is 0.291 e. The van der Waals surface area contributed by atoms with Crippen LogP contribution in [0.15, 0.2) is 77.2 Å². The molecule has 1 aliphatic heterocycles. The van der Waals surface area contributed by atoms with Gasteiger partial charge in [0.25, 0.3) is 11.8 Å². The largest absolute Gasteiger partial charge is 0.482 e. The molecular weight excluding hydrogens is 468 g/mol. The highest BCUT2D eigenvalue weighted by atomic mass is 35.5. The van der Waals surface area contributed by atoms with Crippen LogP contribution in [-0.4, -0.2) is 49.6 Å². The summed E-state index contributed by atoms with van der Waals surface area (Å²) in [5.41, 5.74) is 2.82. The Morgan fingerprint density at radius 1 is 0.943 bits per heavy atom. The van der Waals surface area contributed by atoms with E-state index in [4.69, 9.17) is 25.5 Å². The molecule has 7 nitrogen and oxygen atoms in total. The second kappa shape index (κ2) is 10.2. The number of hydrogen-bond acceptors (Lipinski definition) is 5. The molecule has 0 radical (unpaired) electrons. The molecule has 3 aromatic carbocycles. The van der Waals surface area contributed by atoms with Gasteiger partial charge >= 0.3 is 0 Å². The Bertz CT molecular complexity index is 1360. The molecule has 1 aliphatic rings. The molecule has 5 rings (SSSR count). The third kappa shape index (κ3) is 5.01. The molecule has 0 spiro atoms. The topological polar surface area (TPSA) is 81.0 Å². The number of fused-ring (bicyclic) bond motifs is 1. The number of para-hydroxylation sites is 1. The lowest BCUT2D eigenvalue weighted by molar-refractivity contribution is -0.118. The molecular formula is C27H23ClN2O5. The maximum atomic E-state index is 13.1. The molecule has 1 N–H and O–H groups in total. The van der Waals surface area contributed by atoms with Gasteiger partial charge in [0.15, 0.2) is 6.61 Å². The average molecular weight is 491 g/mol. The average Bonchev–Trinajstić information content (AvgIpc) is 3.26. The van der Waals surface area contributed by atoms with Crippen LogP contribution >= 0.6 is 11.6 Å². The first-order chi connectivity index (χ1) is 17.1. The lowest BCUT2D eigenvalue weighted by atomic mass is 10.1. The molecule has 2 heterocycles. The van der Waals surface area contributed by atoms with Gasteiger partial charge in [0, 0.05) is 18.5 Å². The van der Waals surface area contributed by atoms with E-state index in [-0.39, 0.29) is 18.3 Å². The molecule has 1 fully saturated rings. The Hall–Kier alpha value is -3.81. The van der Waals surface area contributed by atoms with Crippen molar-refractivity contribution >= 4 is 40.1 Å². The van der Waals surface area contributed by atoms with Crippen molar-refractivity contribution in [2.75, 3.05) is 38.2 Å². The van der Waals surface area contributed by atoms with Crippen LogP contribution in [0.25, 0.3) is 22.1 Å². The number of nitrogens with zero attached hydrogens (tertiary/aromatic N) is 1. The predicted molar refractivity (Wildman–Crippen MR) is 134 cm³/mol. The first-order valence-corrected chi connectivity index (χ1v) is 11.6. The number of carbonyl (C=O) groups is 2. The first-order valence-electron chi connectivity index (χ1n) is 11.3. The van der Waals surface area contributed by atoms with Crippen LogP contribution in [0, 0.1) is 0 Å². The van der Waals surface area contributed by atoms with Gasteiger partial charge in [0.1, 0.15) is 17.0 Å². The van der Waals surface area contributed by atoms with Crippen LogP contribution in [-0.2, 0) is 9.53 Å². The molecule has 0 bridgehead atoms. The highest BCUT2D eigenvalue weighted by Gasteiger charge is 2.27. The van der Waals surface area contributed by atoms with Gasteiger partial charge in [-0.15, -0.1) is 0 Å². The van der Waals surface area contributed by atoms with E-state index in [1.165, 1.54) is 0 Å². The van der Waals surface area contributed by atoms with E-state index in [0.717, 1.165) is 11.1 Å². The molecule has 0 aliphatic carbocycles. The van der Waals surface area contributed by atoms with Gasteiger partial charge in [0.05, 0.1) is 18.2 Å². The fourth-order valence-electron chi connectivity index (χ4n) is 3.98. The summed E-state index contributed by atoms with van der Waals surface area (Å²) in [6.07, 6.45) is 0. The van der Waals surface area contributed by atoms with Gasteiger partial charge in [-0.25, -0.2) is 0 Å². The van der Waals surface area contributed by atoms with Crippen molar-refractivity contribution in [1.82, 2.24) is 4.90 Å². The van der Waals surface area contributed by atoms with Crippen molar-refractivity contribution in [3.05, 3.63) is 83.6 Å². The zero-order valence-electron chi connectivity index (χ0n) is 18.8. The molecule has 1 saturated heterocycles. The molecule has 0 saturated carbocycles. The van der Waals surface area contributed by atoms with Gasteiger partial charge in [-0.3, -0.25) is 9.59 Å². The van der Waals surface area contributed by atoms with Crippen LogP contribution in [0.1, 0.15) is 10.6 Å². The van der Waals surface area contributed by atoms with Crippen molar-refractivity contribution < 1.29 is 23.5 Å². The van der Waals surface area contributed by atoms with Crippen molar-refractivity contribution in [3.8, 4) is 16.9 Å². The normalized spacial score (nSPS) is 13.6. The maximum Gasteiger partial charge on any atom is 0.291 e. The number of nitrogens with one attached hydrogen (secondary N) is 1. The Labute approximate surface area is 207 Å². The SMILES string of the molecule is O=C(COc1ccc(-c2ccccc2)cc1Cl)Nc1c(C(=O)N2CCOCC2)oc2ccccc12. The van der Waals surface area contributed by atoms with E-state index in [2.05, 4.69) is 5.32 Å². The minimum Gasteiger partial charge on any atom is -0.482 e. The van der Waals surface area contributed by atoms with Crippen molar-refractivity contribution in [2.45, 2.75) is 0 Å². The first kappa shape index (κ1) is 23.0. The van der Waals surface area contributed by atoms with Crippen molar-refractivity contribution in [3.63, 3.8) is 0 Å². The summed E-state index contributed by atoms with van der Waals surface area (Å²) in [7, 11) is 0. The summed E-state index contributed by atoms with van der Waals surface area (Å²) in [5, 5.41) is 3.84. The number of ether oxygens (including phenoxy) is 2. The quantitative estimate of drug-likeness (QED) is 0.399. The number of amides is 2. The Kier molecular flexibility index (Phi) is 6.70. The van der Waals surface area contributed by atoms with Gasteiger partial charge in [-0.05, 0) is 35.4 Å². The van der Waals surface area contributed by atoms with E-state index in [9.17, 15) is 9.59 Å². The van der Waals surface area contributed by atoms with Gasteiger partial charge in [-0.1, -0.05) is 60.1 Å².